The highest BCUT2D eigenvalue weighted by atomic mass is 32.1. The molecular weight excluding hydrogens is 278 g/mol. The highest BCUT2D eigenvalue weighted by Gasteiger charge is 2.30. The Kier molecular flexibility index (Phi) is 4.56. The molecule has 3 rings (SSSR count). The van der Waals surface area contributed by atoms with Crippen LogP contribution in [0.3, 0.4) is 0 Å². The van der Waals surface area contributed by atoms with E-state index in [1.807, 2.05) is 11.3 Å². The Morgan fingerprint density at radius 3 is 2.62 bits per heavy atom. The summed E-state index contributed by atoms with van der Waals surface area (Å²) in [5.74, 6) is 0. The number of hydrogen-bond acceptors (Lipinski definition) is 4. The van der Waals surface area contributed by atoms with E-state index in [2.05, 4.69) is 54.4 Å². The van der Waals surface area contributed by atoms with Gasteiger partial charge in [-0.05, 0) is 26.3 Å². The number of anilines is 1. The van der Waals surface area contributed by atoms with E-state index in [9.17, 15) is 0 Å². The molecule has 0 atom stereocenters. The second-order valence-electron chi connectivity index (χ2n) is 5.43. The molecule has 1 heterocycles. The van der Waals surface area contributed by atoms with Crippen molar-refractivity contribution in [2.24, 2.45) is 0 Å². The molecule has 1 aliphatic carbocycles. The fourth-order valence-corrected chi connectivity index (χ4v) is 3.77. The van der Waals surface area contributed by atoms with Crippen molar-refractivity contribution >= 4 is 16.5 Å². The third kappa shape index (κ3) is 3.27. The summed E-state index contributed by atoms with van der Waals surface area (Å²) < 4.78 is 0. The van der Waals surface area contributed by atoms with Crippen LogP contribution < -0.4 is 10.2 Å². The highest BCUT2D eigenvalue weighted by Crippen LogP contribution is 2.38. The quantitative estimate of drug-likeness (QED) is 0.840. The van der Waals surface area contributed by atoms with Crippen LogP contribution in [0.4, 0.5) is 5.13 Å². The van der Waals surface area contributed by atoms with Crippen molar-refractivity contribution in [3.8, 4) is 11.3 Å². The molecule has 1 N–H and O–H groups in total. The number of thiazole rings is 1. The van der Waals surface area contributed by atoms with Crippen molar-refractivity contribution in [3.63, 3.8) is 0 Å². The molecule has 112 valence electrons. The SMILES string of the molecule is CCNCc1sc(N(CC)C2CC2)nc1-c1ccccc1. The van der Waals surface area contributed by atoms with E-state index in [4.69, 9.17) is 4.98 Å². The van der Waals surface area contributed by atoms with Gasteiger partial charge < -0.3 is 10.2 Å². The van der Waals surface area contributed by atoms with E-state index in [0.717, 1.165) is 31.4 Å². The van der Waals surface area contributed by atoms with Crippen LogP contribution >= 0.6 is 11.3 Å². The molecule has 1 aromatic carbocycles. The molecule has 0 bridgehead atoms. The molecule has 2 aromatic rings. The Bertz CT molecular complexity index is 575. The topological polar surface area (TPSA) is 28.2 Å². The number of benzene rings is 1. The lowest BCUT2D eigenvalue weighted by Gasteiger charge is -2.18. The fraction of sp³-hybridized carbons (Fsp3) is 0.471. The van der Waals surface area contributed by atoms with Gasteiger partial charge in [-0.2, -0.15) is 0 Å². The number of hydrogen-bond donors (Lipinski definition) is 1. The third-order valence-corrected chi connectivity index (χ3v) is 4.94. The lowest BCUT2D eigenvalue weighted by molar-refractivity contribution is 0.735. The zero-order valence-corrected chi connectivity index (χ0v) is 13.6. The molecule has 0 unspecified atom stereocenters. The molecular formula is C17H23N3S. The average molecular weight is 301 g/mol. The molecule has 0 amide bonds. The van der Waals surface area contributed by atoms with Crippen molar-refractivity contribution < 1.29 is 0 Å². The summed E-state index contributed by atoms with van der Waals surface area (Å²) in [7, 11) is 0. The minimum absolute atomic E-state index is 0.719. The van der Waals surface area contributed by atoms with E-state index < -0.39 is 0 Å². The first-order valence-corrected chi connectivity index (χ1v) is 8.67. The normalized spacial score (nSPS) is 14.4. The zero-order chi connectivity index (χ0) is 14.7. The molecule has 1 fully saturated rings. The Hall–Kier alpha value is -1.39. The summed E-state index contributed by atoms with van der Waals surface area (Å²) in [4.78, 5) is 8.78. The van der Waals surface area contributed by atoms with Crippen LogP contribution in [0.1, 0.15) is 31.6 Å². The smallest absolute Gasteiger partial charge is 0.186 e. The molecule has 1 saturated carbocycles. The molecule has 0 radical (unpaired) electrons. The van der Waals surface area contributed by atoms with Crippen molar-refractivity contribution in [2.75, 3.05) is 18.0 Å². The summed E-state index contributed by atoms with van der Waals surface area (Å²) in [5, 5.41) is 4.63. The van der Waals surface area contributed by atoms with Gasteiger partial charge in [0.05, 0.1) is 5.69 Å². The van der Waals surface area contributed by atoms with Gasteiger partial charge >= 0.3 is 0 Å². The number of aromatic nitrogens is 1. The van der Waals surface area contributed by atoms with Crippen molar-refractivity contribution in [3.05, 3.63) is 35.2 Å². The van der Waals surface area contributed by atoms with Gasteiger partial charge in [-0.15, -0.1) is 0 Å². The first kappa shape index (κ1) is 14.5. The van der Waals surface area contributed by atoms with Crippen molar-refractivity contribution in [2.45, 2.75) is 39.3 Å². The van der Waals surface area contributed by atoms with Gasteiger partial charge in [-0.25, -0.2) is 4.98 Å². The first-order valence-electron chi connectivity index (χ1n) is 7.86. The van der Waals surface area contributed by atoms with E-state index >= 15 is 0 Å². The molecule has 21 heavy (non-hydrogen) atoms. The lowest BCUT2D eigenvalue weighted by atomic mass is 10.1. The summed E-state index contributed by atoms with van der Waals surface area (Å²) in [5.41, 5.74) is 2.37. The highest BCUT2D eigenvalue weighted by molar-refractivity contribution is 7.16. The monoisotopic (exact) mass is 301 g/mol. The Labute approximate surface area is 131 Å². The van der Waals surface area contributed by atoms with Gasteiger partial charge in [-0.1, -0.05) is 48.6 Å². The second-order valence-corrected chi connectivity index (χ2v) is 6.49. The van der Waals surface area contributed by atoms with Gasteiger partial charge in [0.2, 0.25) is 0 Å². The van der Waals surface area contributed by atoms with Crippen LogP contribution in [0.15, 0.2) is 30.3 Å². The maximum atomic E-state index is 4.97. The fourth-order valence-electron chi connectivity index (χ4n) is 2.58. The van der Waals surface area contributed by atoms with Crippen LogP contribution in [0.25, 0.3) is 11.3 Å². The standard InChI is InChI=1S/C17H23N3S/c1-3-18-12-15-16(13-8-6-5-7-9-13)19-17(21-15)20(4-2)14-10-11-14/h5-9,14,18H,3-4,10-12H2,1-2H3. The lowest BCUT2D eigenvalue weighted by Crippen LogP contribution is -2.24. The summed E-state index contributed by atoms with van der Waals surface area (Å²) >= 11 is 1.85. The third-order valence-electron chi connectivity index (χ3n) is 3.84. The predicted octanol–water partition coefficient (Wildman–Crippen LogP) is 3.91. The molecule has 1 aromatic heterocycles. The van der Waals surface area contributed by atoms with E-state index in [0.29, 0.717) is 0 Å². The largest absolute Gasteiger partial charge is 0.345 e. The number of nitrogens with zero attached hydrogens (tertiary/aromatic N) is 2. The van der Waals surface area contributed by atoms with Gasteiger partial charge in [0.1, 0.15) is 0 Å². The van der Waals surface area contributed by atoms with Crippen LogP contribution in [-0.4, -0.2) is 24.1 Å². The minimum Gasteiger partial charge on any atom is -0.345 e. The first-order chi connectivity index (χ1) is 10.3. The van der Waals surface area contributed by atoms with Crippen LogP contribution in [-0.2, 0) is 6.54 Å². The predicted molar refractivity (Wildman–Crippen MR) is 91.0 cm³/mol. The average Bonchev–Trinajstić information content (AvgIpc) is 3.27. The molecule has 4 heteroatoms. The van der Waals surface area contributed by atoms with E-state index in [-0.39, 0.29) is 0 Å². The molecule has 3 nitrogen and oxygen atoms in total. The molecule has 0 spiro atoms. The number of rotatable bonds is 7. The molecule has 0 saturated heterocycles. The van der Waals surface area contributed by atoms with Crippen LogP contribution in [0.2, 0.25) is 0 Å². The molecule has 1 aliphatic rings. The Balaban J connectivity index is 1.94. The number of nitrogens with one attached hydrogen (secondary N) is 1. The van der Waals surface area contributed by atoms with Gasteiger partial charge in [-0.3, -0.25) is 0 Å². The zero-order valence-electron chi connectivity index (χ0n) is 12.8. The Morgan fingerprint density at radius 2 is 2.00 bits per heavy atom. The van der Waals surface area contributed by atoms with Gasteiger partial charge in [0.15, 0.2) is 5.13 Å². The van der Waals surface area contributed by atoms with Gasteiger partial charge in [0, 0.05) is 29.6 Å². The minimum atomic E-state index is 0.719. The molecule has 0 aliphatic heterocycles. The summed E-state index contributed by atoms with van der Waals surface area (Å²) in [6, 6.07) is 11.3. The van der Waals surface area contributed by atoms with E-state index in [1.54, 1.807) is 0 Å². The maximum absolute atomic E-state index is 4.97. The van der Waals surface area contributed by atoms with Crippen molar-refractivity contribution in [1.82, 2.24) is 10.3 Å². The van der Waals surface area contributed by atoms with E-state index in [1.165, 1.54) is 28.4 Å². The van der Waals surface area contributed by atoms with Crippen LogP contribution in [0, 0.1) is 0 Å². The summed E-state index contributed by atoms with van der Waals surface area (Å²) in [6.07, 6.45) is 2.63. The summed E-state index contributed by atoms with van der Waals surface area (Å²) in [6.45, 7) is 7.31. The van der Waals surface area contributed by atoms with Crippen molar-refractivity contribution in [1.29, 1.82) is 0 Å². The van der Waals surface area contributed by atoms with Crippen LogP contribution in [0.5, 0.6) is 0 Å². The second kappa shape index (κ2) is 6.58. The van der Waals surface area contributed by atoms with Gasteiger partial charge in [0.25, 0.3) is 0 Å². The maximum Gasteiger partial charge on any atom is 0.186 e. The Morgan fingerprint density at radius 1 is 1.24 bits per heavy atom.